The molecule has 1 aliphatic rings. The number of piperidine rings is 1. The first-order chi connectivity index (χ1) is 10.9. The van der Waals surface area contributed by atoms with Crippen molar-refractivity contribution in [3.05, 3.63) is 28.8 Å². The largest absolute Gasteiger partial charge is 0.496 e. The zero-order valence-electron chi connectivity index (χ0n) is 13.8. The Morgan fingerprint density at radius 2 is 2.13 bits per heavy atom. The molecule has 0 saturated carbocycles. The minimum Gasteiger partial charge on any atom is -0.496 e. The minimum atomic E-state index is -0.166. The third kappa shape index (κ3) is 4.38. The van der Waals surface area contributed by atoms with Crippen LogP contribution in [0.5, 0.6) is 5.75 Å². The quantitative estimate of drug-likeness (QED) is 0.918. The van der Waals surface area contributed by atoms with Gasteiger partial charge in [0.1, 0.15) is 5.75 Å². The van der Waals surface area contributed by atoms with Crippen molar-refractivity contribution in [3.8, 4) is 5.75 Å². The SMILES string of the molecule is COc1ccc(Cl)cc1C(=O)N1CCCC(C(=O)NC(C)C)C1. The van der Waals surface area contributed by atoms with Crippen molar-refractivity contribution in [1.82, 2.24) is 10.2 Å². The maximum absolute atomic E-state index is 12.8. The fraction of sp³-hybridized carbons (Fsp3) is 0.529. The molecule has 0 aromatic heterocycles. The fourth-order valence-corrected chi connectivity index (χ4v) is 2.97. The molecule has 1 saturated heterocycles. The van der Waals surface area contributed by atoms with Crippen LogP contribution in [-0.4, -0.2) is 43.0 Å². The highest BCUT2D eigenvalue weighted by atomic mass is 35.5. The lowest BCUT2D eigenvalue weighted by atomic mass is 9.96. The highest BCUT2D eigenvalue weighted by molar-refractivity contribution is 6.31. The Balaban J connectivity index is 2.13. The second-order valence-corrected chi connectivity index (χ2v) is 6.53. The second-order valence-electron chi connectivity index (χ2n) is 6.10. The molecule has 0 aliphatic carbocycles. The Morgan fingerprint density at radius 3 is 2.78 bits per heavy atom. The van der Waals surface area contributed by atoms with E-state index in [9.17, 15) is 9.59 Å². The molecular weight excluding hydrogens is 316 g/mol. The molecule has 1 unspecified atom stereocenters. The zero-order valence-corrected chi connectivity index (χ0v) is 14.5. The summed E-state index contributed by atoms with van der Waals surface area (Å²) >= 11 is 6.00. The molecule has 1 N–H and O–H groups in total. The number of rotatable bonds is 4. The Bertz CT molecular complexity index is 589. The van der Waals surface area contributed by atoms with Gasteiger partial charge in [-0.3, -0.25) is 9.59 Å². The number of methoxy groups -OCH3 is 1. The number of nitrogens with zero attached hydrogens (tertiary/aromatic N) is 1. The molecule has 1 aromatic rings. The molecule has 5 nitrogen and oxygen atoms in total. The second kappa shape index (κ2) is 7.68. The Kier molecular flexibility index (Phi) is 5.88. The molecule has 1 aromatic carbocycles. The third-order valence-electron chi connectivity index (χ3n) is 3.90. The number of halogens is 1. The first-order valence-corrected chi connectivity index (χ1v) is 8.23. The molecule has 0 radical (unpaired) electrons. The smallest absolute Gasteiger partial charge is 0.257 e. The average molecular weight is 339 g/mol. The third-order valence-corrected chi connectivity index (χ3v) is 4.14. The number of carbonyl (C=O) groups excluding carboxylic acids is 2. The van der Waals surface area contributed by atoms with E-state index in [-0.39, 0.29) is 23.8 Å². The molecule has 1 fully saturated rings. The summed E-state index contributed by atoms with van der Waals surface area (Å²) in [5, 5.41) is 3.41. The molecule has 23 heavy (non-hydrogen) atoms. The Morgan fingerprint density at radius 1 is 1.39 bits per heavy atom. The van der Waals surface area contributed by atoms with E-state index in [2.05, 4.69) is 5.32 Å². The summed E-state index contributed by atoms with van der Waals surface area (Å²) < 4.78 is 5.25. The maximum Gasteiger partial charge on any atom is 0.257 e. The zero-order chi connectivity index (χ0) is 17.0. The van der Waals surface area contributed by atoms with Crippen LogP contribution in [0.1, 0.15) is 37.0 Å². The van der Waals surface area contributed by atoms with Gasteiger partial charge in [-0.15, -0.1) is 0 Å². The number of amides is 2. The molecule has 2 amide bonds. The molecule has 126 valence electrons. The summed E-state index contributed by atoms with van der Waals surface area (Å²) in [6.45, 7) is 4.92. The van der Waals surface area contributed by atoms with Crippen molar-refractivity contribution in [1.29, 1.82) is 0 Å². The molecule has 6 heteroatoms. The summed E-state index contributed by atoms with van der Waals surface area (Å²) in [6, 6.07) is 5.08. The van der Waals surface area contributed by atoms with E-state index in [1.165, 1.54) is 7.11 Å². The number of hydrogen-bond donors (Lipinski definition) is 1. The van der Waals surface area contributed by atoms with Crippen molar-refractivity contribution in [2.75, 3.05) is 20.2 Å². The van der Waals surface area contributed by atoms with Gasteiger partial charge in [-0.05, 0) is 44.9 Å². The van der Waals surface area contributed by atoms with Gasteiger partial charge in [-0.2, -0.15) is 0 Å². The van der Waals surface area contributed by atoms with Crippen LogP contribution in [0.25, 0.3) is 0 Å². The van der Waals surface area contributed by atoms with Gasteiger partial charge in [0.05, 0.1) is 18.6 Å². The van der Waals surface area contributed by atoms with Crippen LogP contribution in [0, 0.1) is 5.92 Å². The van der Waals surface area contributed by atoms with Crippen LogP contribution in [0.4, 0.5) is 0 Å². The standard InChI is InChI=1S/C17H23ClN2O3/c1-11(2)19-16(21)12-5-4-8-20(10-12)17(22)14-9-13(18)6-7-15(14)23-3/h6-7,9,11-12H,4-5,8,10H2,1-3H3,(H,19,21). The van der Waals surface area contributed by atoms with Gasteiger partial charge in [0.15, 0.2) is 0 Å². The number of likely N-dealkylation sites (tertiary alicyclic amines) is 1. The van der Waals surface area contributed by atoms with Gasteiger partial charge < -0.3 is 15.0 Å². The molecule has 0 spiro atoms. The number of hydrogen-bond acceptors (Lipinski definition) is 3. The lowest BCUT2D eigenvalue weighted by Crippen LogP contribution is -2.46. The van der Waals surface area contributed by atoms with E-state index in [4.69, 9.17) is 16.3 Å². The van der Waals surface area contributed by atoms with Gasteiger partial charge in [-0.25, -0.2) is 0 Å². The van der Waals surface area contributed by atoms with Crippen molar-refractivity contribution in [2.24, 2.45) is 5.92 Å². The highest BCUT2D eigenvalue weighted by Gasteiger charge is 2.30. The van der Waals surface area contributed by atoms with Gasteiger partial charge in [0.25, 0.3) is 5.91 Å². The van der Waals surface area contributed by atoms with E-state index in [0.29, 0.717) is 29.4 Å². The van der Waals surface area contributed by atoms with Crippen LogP contribution in [0.2, 0.25) is 5.02 Å². The number of carbonyl (C=O) groups is 2. The van der Waals surface area contributed by atoms with Crippen molar-refractivity contribution in [2.45, 2.75) is 32.7 Å². The summed E-state index contributed by atoms with van der Waals surface area (Å²) in [5.74, 6) is 0.190. The monoisotopic (exact) mass is 338 g/mol. The van der Waals surface area contributed by atoms with Crippen LogP contribution < -0.4 is 10.1 Å². The fourth-order valence-electron chi connectivity index (χ4n) is 2.80. The van der Waals surface area contributed by atoms with Crippen LogP contribution >= 0.6 is 11.6 Å². The molecular formula is C17H23ClN2O3. The van der Waals surface area contributed by atoms with Crippen LogP contribution in [-0.2, 0) is 4.79 Å². The van der Waals surface area contributed by atoms with Gasteiger partial charge in [0.2, 0.25) is 5.91 Å². The van der Waals surface area contributed by atoms with Gasteiger partial charge in [-0.1, -0.05) is 11.6 Å². The van der Waals surface area contributed by atoms with Crippen molar-refractivity contribution in [3.63, 3.8) is 0 Å². The van der Waals surface area contributed by atoms with E-state index in [0.717, 1.165) is 12.8 Å². The molecule has 1 heterocycles. The number of benzene rings is 1. The van der Waals surface area contributed by atoms with E-state index in [1.54, 1.807) is 23.1 Å². The average Bonchev–Trinajstić information content (AvgIpc) is 2.53. The number of ether oxygens (including phenoxy) is 1. The van der Waals surface area contributed by atoms with E-state index in [1.807, 2.05) is 13.8 Å². The summed E-state index contributed by atoms with van der Waals surface area (Å²) in [6.07, 6.45) is 1.61. The summed E-state index contributed by atoms with van der Waals surface area (Å²) in [7, 11) is 1.52. The van der Waals surface area contributed by atoms with Gasteiger partial charge >= 0.3 is 0 Å². The van der Waals surface area contributed by atoms with Crippen molar-refractivity contribution >= 4 is 23.4 Å². The first kappa shape index (κ1) is 17.6. The topological polar surface area (TPSA) is 58.6 Å². The summed E-state index contributed by atoms with van der Waals surface area (Å²) in [5.41, 5.74) is 0.435. The molecule has 1 aliphatic heterocycles. The lowest BCUT2D eigenvalue weighted by Gasteiger charge is -2.32. The predicted octanol–water partition coefficient (Wildman–Crippen LogP) is 2.73. The van der Waals surface area contributed by atoms with E-state index >= 15 is 0 Å². The number of nitrogens with one attached hydrogen (secondary N) is 1. The summed E-state index contributed by atoms with van der Waals surface area (Å²) in [4.78, 5) is 26.7. The predicted molar refractivity (Wildman–Crippen MR) is 89.9 cm³/mol. The Labute approximate surface area is 141 Å². The van der Waals surface area contributed by atoms with Crippen LogP contribution in [0.15, 0.2) is 18.2 Å². The normalized spacial score (nSPS) is 18.0. The van der Waals surface area contributed by atoms with E-state index < -0.39 is 0 Å². The lowest BCUT2D eigenvalue weighted by molar-refractivity contribution is -0.126. The highest BCUT2D eigenvalue weighted by Crippen LogP contribution is 2.26. The van der Waals surface area contributed by atoms with Crippen molar-refractivity contribution < 1.29 is 14.3 Å². The van der Waals surface area contributed by atoms with Gasteiger partial charge in [0, 0.05) is 24.2 Å². The molecule has 1 atom stereocenters. The Hall–Kier alpha value is -1.75. The minimum absolute atomic E-state index is 0.00978. The molecule has 2 rings (SSSR count). The van der Waals surface area contributed by atoms with Crippen LogP contribution in [0.3, 0.4) is 0 Å². The maximum atomic E-state index is 12.8. The first-order valence-electron chi connectivity index (χ1n) is 7.85. The molecule has 0 bridgehead atoms.